The topological polar surface area (TPSA) is 71.5 Å². The summed E-state index contributed by atoms with van der Waals surface area (Å²) in [6.45, 7) is 1.06. The first kappa shape index (κ1) is 15.5. The van der Waals surface area contributed by atoms with Gasteiger partial charge in [0.15, 0.2) is 5.76 Å². The van der Waals surface area contributed by atoms with E-state index in [1.54, 1.807) is 6.92 Å². The van der Waals surface area contributed by atoms with Crippen molar-refractivity contribution in [1.82, 2.24) is 10.3 Å². The van der Waals surface area contributed by atoms with Gasteiger partial charge >= 0.3 is 12.1 Å². The van der Waals surface area contributed by atoms with Crippen molar-refractivity contribution in [1.29, 1.82) is 0 Å². The molecule has 0 aromatic carbocycles. The molecule has 1 rings (SSSR count). The number of nitrogens with one attached hydrogen (secondary N) is 1. The number of nitrogen functional groups attached to an aromatic ring is 1. The van der Waals surface area contributed by atoms with E-state index < -0.39 is 18.6 Å². The zero-order chi connectivity index (χ0) is 14.5. The molecule has 8 heteroatoms. The van der Waals surface area contributed by atoms with Crippen molar-refractivity contribution >= 4 is 5.91 Å². The van der Waals surface area contributed by atoms with Crippen LogP contribution in [0.25, 0.3) is 0 Å². The molecule has 0 atom stereocenters. The van der Waals surface area contributed by atoms with Gasteiger partial charge in [-0.3, -0.25) is 15.1 Å². The number of nitrogens with two attached hydrogens (primary N) is 1. The summed E-state index contributed by atoms with van der Waals surface area (Å²) < 4.78 is 42.2. The molecule has 1 aromatic heterocycles. The van der Waals surface area contributed by atoms with Gasteiger partial charge in [-0.2, -0.15) is 13.2 Å². The largest absolute Gasteiger partial charge is 0.455 e. The van der Waals surface area contributed by atoms with Crippen molar-refractivity contribution in [3.8, 4) is 0 Å². The molecule has 0 fully saturated rings. The van der Waals surface area contributed by atoms with E-state index >= 15 is 0 Å². The monoisotopic (exact) mass is 279 g/mol. The fourth-order valence-corrected chi connectivity index (χ4v) is 1.66. The minimum atomic E-state index is -4.26. The Morgan fingerprint density at radius 1 is 1.47 bits per heavy atom. The van der Waals surface area contributed by atoms with Crippen LogP contribution in [0.2, 0.25) is 0 Å². The van der Waals surface area contributed by atoms with Crippen molar-refractivity contribution in [2.75, 3.05) is 13.1 Å². The quantitative estimate of drug-likeness (QED) is 0.472. The summed E-state index contributed by atoms with van der Waals surface area (Å²) in [4.78, 5) is 12.4. The van der Waals surface area contributed by atoms with Crippen LogP contribution in [0.4, 0.5) is 13.2 Å². The van der Waals surface area contributed by atoms with Gasteiger partial charge in [-0.1, -0.05) is 6.92 Å². The van der Waals surface area contributed by atoms with E-state index in [1.807, 2.05) is 5.43 Å². The van der Waals surface area contributed by atoms with Crippen LogP contribution in [-0.2, 0) is 6.54 Å². The Morgan fingerprint density at radius 2 is 2.16 bits per heavy atom. The molecule has 1 aromatic rings. The molecular weight excluding hydrogens is 263 g/mol. The highest BCUT2D eigenvalue weighted by atomic mass is 19.4. The number of hydrazine groups is 1. The summed E-state index contributed by atoms with van der Waals surface area (Å²) in [5.41, 5.74) is 1.89. The average molecular weight is 279 g/mol. The van der Waals surface area contributed by atoms with Crippen molar-refractivity contribution in [2.24, 2.45) is 5.84 Å². The van der Waals surface area contributed by atoms with Gasteiger partial charge in [-0.25, -0.2) is 5.84 Å². The molecular formula is C11H16F3N3O2. The van der Waals surface area contributed by atoms with Gasteiger partial charge in [0.25, 0.3) is 0 Å². The minimum absolute atomic E-state index is 0.00873. The lowest BCUT2D eigenvalue weighted by atomic mass is 10.3. The number of carbonyl (C=O) groups excluding carboxylic acids is 1. The van der Waals surface area contributed by atoms with Crippen molar-refractivity contribution < 1.29 is 22.4 Å². The van der Waals surface area contributed by atoms with Gasteiger partial charge in [0.1, 0.15) is 5.76 Å². The fraction of sp³-hybridized carbons (Fsp3) is 0.545. The van der Waals surface area contributed by atoms with E-state index in [2.05, 4.69) is 0 Å². The van der Waals surface area contributed by atoms with Gasteiger partial charge in [0, 0.05) is 0 Å². The molecule has 0 radical (unpaired) electrons. The summed E-state index contributed by atoms with van der Waals surface area (Å²) in [6, 6.07) is 2.83. The minimum Gasteiger partial charge on any atom is -0.455 e. The average Bonchev–Trinajstić information content (AvgIpc) is 2.74. The third-order valence-corrected chi connectivity index (χ3v) is 2.34. The van der Waals surface area contributed by atoms with Gasteiger partial charge in [-0.05, 0) is 25.1 Å². The lowest BCUT2D eigenvalue weighted by Crippen LogP contribution is -2.34. The number of carbonyl (C=O) groups is 1. The van der Waals surface area contributed by atoms with Crippen LogP contribution >= 0.6 is 0 Å². The SMILES string of the molecule is CCCN(Cc1ccc(C(=O)NN)o1)CC(F)(F)F. The number of rotatable bonds is 6. The second kappa shape index (κ2) is 6.58. The number of amides is 1. The summed E-state index contributed by atoms with van der Waals surface area (Å²) >= 11 is 0. The van der Waals surface area contributed by atoms with Crippen molar-refractivity contribution in [3.05, 3.63) is 23.7 Å². The van der Waals surface area contributed by atoms with E-state index in [0.29, 0.717) is 13.0 Å². The van der Waals surface area contributed by atoms with Gasteiger partial charge in [0.2, 0.25) is 0 Å². The second-order valence-corrected chi connectivity index (χ2v) is 4.07. The Bertz CT molecular complexity index is 418. The van der Waals surface area contributed by atoms with E-state index in [0.717, 1.165) is 0 Å². The molecule has 1 amide bonds. The molecule has 108 valence electrons. The lowest BCUT2D eigenvalue weighted by molar-refractivity contribution is -0.147. The fourth-order valence-electron chi connectivity index (χ4n) is 1.66. The number of alkyl halides is 3. The number of furan rings is 1. The van der Waals surface area contributed by atoms with Crippen molar-refractivity contribution in [2.45, 2.75) is 26.1 Å². The Hall–Kier alpha value is -1.54. The lowest BCUT2D eigenvalue weighted by Gasteiger charge is -2.21. The van der Waals surface area contributed by atoms with Crippen LogP contribution in [0.3, 0.4) is 0 Å². The molecule has 5 nitrogen and oxygen atoms in total. The molecule has 0 aliphatic rings. The smallest absolute Gasteiger partial charge is 0.401 e. The number of halogens is 3. The van der Waals surface area contributed by atoms with Crippen LogP contribution in [0.1, 0.15) is 29.7 Å². The molecule has 0 bridgehead atoms. The molecule has 0 aliphatic carbocycles. The van der Waals surface area contributed by atoms with Crippen LogP contribution < -0.4 is 11.3 Å². The van der Waals surface area contributed by atoms with Crippen LogP contribution in [0, 0.1) is 0 Å². The summed E-state index contributed by atoms with van der Waals surface area (Å²) in [5, 5.41) is 0. The Balaban J connectivity index is 2.68. The number of nitrogens with zero attached hydrogens (tertiary/aromatic N) is 1. The van der Waals surface area contributed by atoms with Crippen LogP contribution in [-0.4, -0.2) is 30.1 Å². The van der Waals surface area contributed by atoms with Crippen molar-refractivity contribution in [3.63, 3.8) is 0 Å². The molecule has 19 heavy (non-hydrogen) atoms. The van der Waals surface area contributed by atoms with Gasteiger partial charge in [0.05, 0.1) is 13.1 Å². The van der Waals surface area contributed by atoms with E-state index in [-0.39, 0.29) is 18.1 Å². The Morgan fingerprint density at radius 3 is 2.68 bits per heavy atom. The highest BCUT2D eigenvalue weighted by Gasteiger charge is 2.30. The first-order valence-corrected chi connectivity index (χ1v) is 5.74. The predicted molar refractivity (Wildman–Crippen MR) is 62.0 cm³/mol. The molecule has 0 saturated carbocycles. The molecule has 1 heterocycles. The maximum absolute atomic E-state index is 12.4. The number of hydrogen-bond acceptors (Lipinski definition) is 4. The molecule has 0 saturated heterocycles. The summed E-state index contributed by atoms with van der Waals surface area (Å²) in [6.07, 6.45) is -3.67. The first-order valence-electron chi connectivity index (χ1n) is 5.74. The Kier molecular flexibility index (Phi) is 5.37. The summed E-state index contributed by atoms with van der Waals surface area (Å²) in [7, 11) is 0. The van der Waals surface area contributed by atoms with Gasteiger partial charge < -0.3 is 4.42 Å². The molecule has 3 N–H and O–H groups in total. The third kappa shape index (κ3) is 5.31. The van der Waals surface area contributed by atoms with Crippen LogP contribution in [0.5, 0.6) is 0 Å². The van der Waals surface area contributed by atoms with E-state index in [1.165, 1.54) is 17.0 Å². The second-order valence-electron chi connectivity index (χ2n) is 4.07. The number of hydrogen-bond donors (Lipinski definition) is 2. The highest BCUT2D eigenvalue weighted by molar-refractivity contribution is 5.90. The molecule has 0 spiro atoms. The first-order chi connectivity index (χ1) is 8.85. The van der Waals surface area contributed by atoms with E-state index in [9.17, 15) is 18.0 Å². The maximum atomic E-state index is 12.4. The predicted octanol–water partition coefficient (Wildman–Crippen LogP) is 1.66. The Labute approximate surface area is 108 Å². The third-order valence-electron chi connectivity index (χ3n) is 2.34. The van der Waals surface area contributed by atoms with Crippen LogP contribution in [0.15, 0.2) is 16.5 Å². The standard InChI is InChI=1S/C11H16F3N3O2/c1-2-5-17(7-11(12,13)14)6-8-3-4-9(19-8)10(18)16-15/h3-4H,2,5-7,15H2,1H3,(H,16,18). The summed E-state index contributed by atoms with van der Waals surface area (Å²) in [5.74, 6) is 4.57. The maximum Gasteiger partial charge on any atom is 0.401 e. The normalized spacial score (nSPS) is 11.9. The molecule has 0 aliphatic heterocycles. The van der Waals surface area contributed by atoms with Gasteiger partial charge in [-0.15, -0.1) is 0 Å². The zero-order valence-electron chi connectivity index (χ0n) is 10.5. The zero-order valence-corrected chi connectivity index (χ0v) is 10.5. The molecule has 0 unspecified atom stereocenters. The highest BCUT2D eigenvalue weighted by Crippen LogP contribution is 2.19. The van der Waals surface area contributed by atoms with E-state index in [4.69, 9.17) is 10.3 Å².